The SMILES string of the molecule is Cc1ccc2c(c1)-c1cc(C)ccc1C(O)(Cc1ccc(Cl)cc1)C2(C)C. The summed E-state index contributed by atoms with van der Waals surface area (Å²) in [6.45, 7) is 8.53. The molecule has 0 saturated heterocycles. The third-order valence-corrected chi connectivity index (χ3v) is 6.42. The highest BCUT2D eigenvalue weighted by molar-refractivity contribution is 6.30. The number of rotatable bonds is 2. The molecule has 3 aromatic rings. The maximum Gasteiger partial charge on any atom is 0.103 e. The van der Waals surface area contributed by atoms with Crippen LogP contribution < -0.4 is 0 Å². The van der Waals surface area contributed by atoms with Gasteiger partial charge in [0.1, 0.15) is 5.60 Å². The lowest BCUT2D eigenvalue weighted by atomic mass is 9.58. The highest BCUT2D eigenvalue weighted by Gasteiger charge is 2.51. The van der Waals surface area contributed by atoms with Crippen LogP contribution in [-0.4, -0.2) is 5.11 Å². The lowest BCUT2D eigenvalue weighted by molar-refractivity contribution is -0.0332. The Balaban J connectivity index is 1.97. The second-order valence-electron chi connectivity index (χ2n) is 8.39. The van der Waals surface area contributed by atoms with E-state index in [0.717, 1.165) is 16.7 Å². The maximum absolute atomic E-state index is 12.1. The zero-order chi connectivity index (χ0) is 19.4. The molecule has 1 N–H and O–H groups in total. The normalized spacial score (nSPS) is 20.1. The molecule has 3 aromatic carbocycles. The molecule has 0 bridgehead atoms. The van der Waals surface area contributed by atoms with E-state index in [2.05, 4.69) is 64.1 Å². The molecule has 0 saturated carbocycles. The molecule has 27 heavy (non-hydrogen) atoms. The third kappa shape index (κ3) is 2.81. The van der Waals surface area contributed by atoms with Crippen LogP contribution in [0, 0.1) is 13.8 Å². The van der Waals surface area contributed by atoms with Gasteiger partial charge in [0, 0.05) is 16.9 Å². The van der Waals surface area contributed by atoms with Gasteiger partial charge >= 0.3 is 0 Å². The van der Waals surface area contributed by atoms with Crippen molar-refractivity contribution in [2.75, 3.05) is 0 Å². The maximum atomic E-state index is 12.1. The molecule has 1 aliphatic carbocycles. The van der Waals surface area contributed by atoms with Crippen LogP contribution >= 0.6 is 11.6 Å². The van der Waals surface area contributed by atoms with Gasteiger partial charge in [-0.1, -0.05) is 85.1 Å². The number of halogens is 1. The molecule has 0 aliphatic heterocycles. The fourth-order valence-electron chi connectivity index (χ4n) is 4.44. The molecular formula is C25H25ClO. The van der Waals surface area contributed by atoms with Crippen molar-refractivity contribution in [2.24, 2.45) is 0 Å². The Labute approximate surface area is 166 Å². The first kappa shape index (κ1) is 18.3. The first-order valence-electron chi connectivity index (χ1n) is 9.42. The number of aliphatic hydroxyl groups is 1. The first-order valence-corrected chi connectivity index (χ1v) is 9.80. The predicted octanol–water partition coefficient (Wildman–Crippen LogP) is 6.35. The molecule has 0 heterocycles. The first-order chi connectivity index (χ1) is 12.7. The van der Waals surface area contributed by atoms with Gasteiger partial charge in [-0.05, 0) is 53.8 Å². The Kier molecular flexibility index (Phi) is 4.21. The second-order valence-corrected chi connectivity index (χ2v) is 8.82. The fraction of sp³-hybridized carbons (Fsp3) is 0.280. The zero-order valence-corrected chi connectivity index (χ0v) is 17.1. The predicted molar refractivity (Wildman–Crippen MR) is 113 cm³/mol. The summed E-state index contributed by atoms with van der Waals surface area (Å²) in [5, 5.41) is 12.9. The lowest BCUT2D eigenvalue weighted by Gasteiger charge is -2.49. The summed E-state index contributed by atoms with van der Waals surface area (Å²) in [6, 6.07) is 20.8. The van der Waals surface area contributed by atoms with E-state index in [0.29, 0.717) is 11.4 Å². The molecule has 1 aliphatic rings. The molecule has 0 fully saturated rings. The second kappa shape index (κ2) is 6.22. The van der Waals surface area contributed by atoms with Crippen molar-refractivity contribution in [3.63, 3.8) is 0 Å². The minimum absolute atomic E-state index is 0.433. The van der Waals surface area contributed by atoms with E-state index >= 15 is 0 Å². The molecule has 0 amide bonds. The highest BCUT2D eigenvalue weighted by atomic mass is 35.5. The van der Waals surface area contributed by atoms with E-state index in [1.54, 1.807) is 0 Å². The van der Waals surface area contributed by atoms with E-state index in [1.165, 1.54) is 22.3 Å². The molecule has 4 rings (SSSR count). The van der Waals surface area contributed by atoms with Crippen LogP contribution in [0.25, 0.3) is 11.1 Å². The van der Waals surface area contributed by atoms with Crippen molar-refractivity contribution in [2.45, 2.75) is 45.1 Å². The van der Waals surface area contributed by atoms with E-state index in [9.17, 15) is 5.11 Å². The van der Waals surface area contributed by atoms with Crippen LogP contribution in [0.5, 0.6) is 0 Å². The van der Waals surface area contributed by atoms with Crippen molar-refractivity contribution in [3.05, 3.63) is 93.5 Å². The number of hydrogen-bond donors (Lipinski definition) is 1. The van der Waals surface area contributed by atoms with Crippen molar-refractivity contribution in [1.29, 1.82) is 0 Å². The van der Waals surface area contributed by atoms with Crippen LogP contribution in [0.3, 0.4) is 0 Å². The minimum Gasteiger partial charge on any atom is -0.384 e. The van der Waals surface area contributed by atoms with Gasteiger partial charge in [0.25, 0.3) is 0 Å². The van der Waals surface area contributed by atoms with Crippen molar-refractivity contribution >= 4 is 11.6 Å². The minimum atomic E-state index is -1.01. The van der Waals surface area contributed by atoms with Gasteiger partial charge in [-0.3, -0.25) is 0 Å². The summed E-state index contributed by atoms with van der Waals surface area (Å²) in [4.78, 5) is 0. The van der Waals surface area contributed by atoms with Gasteiger partial charge in [0.05, 0.1) is 0 Å². The van der Waals surface area contributed by atoms with E-state index in [-0.39, 0.29) is 0 Å². The van der Waals surface area contributed by atoms with Crippen LogP contribution in [0.2, 0.25) is 5.02 Å². The van der Waals surface area contributed by atoms with E-state index in [4.69, 9.17) is 11.6 Å². The summed E-state index contributed by atoms with van der Waals surface area (Å²) in [5.41, 5.74) is 6.66. The number of fused-ring (bicyclic) bond motifs is 3. The Hall–Kier alpha value is -2.09. The van der Waals surface area contributed by atoms with E-state index < -0.39 is 11.0 Å². The van der Waals surface area contributed by atoms with Gasteiger partial charge in [0.2, 0.25) is 0 Å². The summed E-state index contributed by atoms with van der Waals surface area (Å²) < 4.78 is 0. The van der Waals surface area contributed by atoms with Crippen LogP contribution in [0.1, 0.15) is 41.7 Å². The molecule has 1 atom stereocenters. The quantitative estimate of drug-likeness (QED) is 0.552. The Morgan fingerprint density at radius 3 is 1.89 bits per heavy atom. The number of benzene rings is 3. The van der Waals surface area contributed by atoms with Crippen LogP contribution in [-0.2, 0) is 17.4 Å². The summed E-state index contributed by atoms with van der Waals surface area (Å²) in [7, 11) is 0. The molecule has 138 valence electrons. The fourth-order valence-corrected chi connectivity index (χ4v) is 4.57. The molecule has 2 heteroatoms. The van der Waals surface area contributed by atoms with Crippen LogP contribution in [0.4, 0.5) is 0 Å². The van der Waals surface area contributed by atoms with Crippen LogP contribution in [0.15, 0.2) is 60.7 Å². The number of hydrogen-bond acceptors (Lipinski definition) is 1. The monoisotopic (exact) mass is 376 g/mol. The molecule has 0 aromatic heterocycles. The van der Waals surface area contributed by atoms with Gasteiger partial charge in [-0.15, -0.1) is 0 Å². The van der Waals surface area contributed by atoms with Gasteiger partial charge in [-0.2, -0.15) is 0 Å². The molecule has 0 spiro atoms. The molecule has 0 radical (unpaired) electrons. The van der Waals surface area contributed by atoms with Gasteiger partial charge in [0.15, 0.2) is 0 Å². The lowest BCUT2D eigenvalue weighted by Crippen LogP contribution is -2.49. The summed E-state index contributed by atoms with van der Waals surface area (Å²) in [5.74, 6) is 0. The van der Waals surface area contributed by atoms with Crippen molar-refractivity contribution in [1.82, 2.24) is 0 Å². The van der Waals surface area contributed by atoms with Crippen molar-refractivity contribution < 1.29 is 5.11 Å². The Morgan fingerprint density at radius 2 is 1.30 bits per heavy atom. The van der Waals surface area contributed by atoms with Crippen molar-refractivity contribution in [3.8, 4) is 11.1 Å². The standard InChI is InChI=1S/C25H25ClO/c1-16-5-11-22-20(13-16)21-14-17(2)6-12-23(21)25(27,24(22,3)4)15-18-7-9-19(26)10-8-18/h5-14,27H,15H2,1-4H3. The average molecular weight is 377 g/mol. The third-order valence-electron chi connectivity index (χ3n) is 6.17. The largest absolute Gasteiger partial charge is 0.384 e. The zero-order valence-electron chi connectivity index (χ0n) is 16.3. The topological polar surface area (TPSA) is 20.2 Å². The van der Waals surface area contributed by atoms with Gasteiger partial charge in [-0.25, -0.2) is 0 Å². The highest BCUT2D eigenvalue weighted by Crippen LogP contribution is 2.54. The molecular weight excluding hydrogens is 352 g/mol. The smallest absolute Gasteiger partial charge is 0.103 e. The average Bonchev–Trinajstić information content (AvgIpc) is 2.62. The number of aryl methyl sites for hydroxylation is 2. The molecule has 1 unspecified atom stereocenters. The molecule has 1 nitrogen and oxygen atoms in total. The summed E-state index contributed by atoms with van der Waals surface area (Å²) in [6.07, 6.45) is 0.542. The Morgan fingerprint density at radius 1 is 0.778 bits per heavy atom. The van der Waals surface area contributed by atoms with Gasteiger partial charge < -0.3 is 5.11 Å². The summed E-state index contributed by atoms with van der Waals surface area (Å²) >= 11 is 6.06. The van der Waals surface area contributed by atoms with E-state index in [1.807, 2.05) is 24.3 Å². The Bertz CT molecular complexity index is 1020.